The molecule has 1 heterocycles. The first-order valence-electron chi connectivity index (χ1n) is 7.13. The number of alkyl halides is 3. The van der Waals surface area contributed by atoms with Crippen LogP contribution in [0.15, 0.2) is 12.3 Å². The highest BCUT2D eigenvalue weighted by Gasteiger charge is 2.48. The van der Waals surface area contributed by atoms with E-state index in [-0.39, 0.29) is 11.6 Å². The van der Waals surface area contributed by atoms with Crippen LogP contribution in [0.4, 0.5) is 18.0 Å². The molecular weight excluding hydrogens is 333 g/mol. The SMILES string of the molecule is CC(C)(C)OC(=O)NCC1(c2ncc(C(F)(F)F)cc2Cl)CC1. The lowest BCUT2D eigenvalue weighted by atomic mass is 10.0. The molecule has 128 valence electrons. The summed E-state index contributed by atoms with van der Waals surface area (Å²) in [4.78, 5) is 15.6. The molecule has 1 aromatic rings. The molecule has 8 heteroatoms. The molecule has 0 atom stereocenters. The van der Waals surface area contributed by atoms with Crippen LogP contribution in [-0.2, 0) is 16.3 Å². The Morgan fingerprint density at radius 2 is 2.00 bits per heavy atom. The van der Waals surface area contributed by atoms with Gasteiger partial charge in [0, 0.05) is 18.2 Å². The van der Waals surface area contributed by atoms with E-state index in [4.69, 9.17) is 16.3 Å². The molecule has 0 unspecified atom stereocenters. The van der Waals surface area contributed by atoms with Gasteiger partial charge in [0.15, 0.2) is 0 Å². The van der Waals surface area contributed by atoms with Crippen molar-refractivity contribution in [3.8, 4) is 0 Å². The second kappa shape index (κ2) is 5.85. The molecule has 0 aliphatic heterocycles. The van der Waals surface area contributed by atoms with Gasteiger partial charge in [0.05, 0.1) is 16.3 Å². The van der Waals surface area contributed by atoms with E-state index >= 15 is 0 Å². The molecule has 0 saturated heterocycles. The highest BCUT2D eigenvalue weighted by Crippen LogP contribution is 2.49. The Hall–Kier alpha value is -1.50. The number of nitrogens with one attached hydrogen (secondary N) is 1. The molecule has 0 bridgehead atoms. The number of hydrogen-bond donors (Lipinski definition) is 1. The summed E-state index contributed by atoms with van der Waals surface area (Å²) in [6.07, 6.45) is -2.90. The molecule has 2 rings (SSSR count). The maximum atomic E-state index is 12.7. The molecule has 0 spiro atoms. The van der Waals surface area contributed by atoms with Gasteiger partial charge in [0.2, 0.25) is 0 Å². The second-order valence-corrected chi connectivity index (χ2v) is 7.10. The highest BCUT2D eigenvalue weighted by atomic mass is 35.5. The van der Waals surface area contributed by atoms with Crippen molar-refractivity contribution in [3.63, 3.8) is 0 Å². The van der Waals surface area contributed by atoms with E-state index in [1.807, 2.05) is 0 Å². The summed E-state index contributed by atoms with van der Waals surface area (Å²) in [5, 5.41) is 2.59. The Bertz CT molecular complexity index is 608. The monoisotopic (exact) mass is 350 g/mol. The third-order valence-corrected chi connectivity index (χ3v) is 3.78. The van der Waals surface area contributed by atoms with Crippen LogP contribution in [-0.4, -0.2) is 23.2 Å². The molecule has 0 aromatic carbocycles. The van der Waals surface area contributed by atoms with Gasteiger partial charge in [0.1, 0.15) is 5.60 Å². The van der Waals surface area contributed by atoms with E-state index < -0.39 is 28.8 Å². The Balaban J connectivity index is 2.08. The molecule has 1 aromatic heterocycles. The fourth-order valence-electron chi connectivity index (χ4n) is 2.19. The maximum Gasteiger partial charge on any atom is 0.417 e. The lowest BCUT2D eigenvalue weighted by Crippen LogP contribution is -2.37. The van der Waals surface area contributed by atoms with Crippen LogP contribution in [0, 0.1) is 0 Å². The summed E-state index contributed by atoms with van der Waals surface area (Å²) in [6, 6.07) is 0.872. The number of halogens is 4. The summed E-state index contributed by atoms with van der Waals surface area (Å²) < 4.78 is 43.1. The summed E-state index contributed by atoms with van der Waals surface area (Å²) in [7, 11) is 0. The van der Waals surface area contributed by atoms with Gasteiger partial charge in [-0.2, -0.15) is 13.2 Å². The van der Waals surface area contributed by atoms with Crippen molar-refractivity contribution in [1.29, 1.82) is 0 Å². The van der Waals surface area contributed by atoms with Crippen molar-refractivity contribution in [3.05, 3.63) is 28.5 Å². The van der Waals surface area contributed by atoms with Gasteiger partial charge in [-0.1, -0.05) is 11.6 Å². The number of aromatic nitrogens is 1. The van der Waals surface area contributed by atoms with Crippen molar-refractivity contribution in [1.82, 2.24) is 10.3 Å². The second-order valence-electron chi connectivity index (χ2n) is 6.69. The topological polar surface area (TPSA) is 51.2 Å². The third-order valence-electron chi connectivity index (χ3n) is 3.49. The number of alkyl carbamates (subject to hydrolysis) is 1. The molecule has 1 fully saturated rings. The van der Waals surface area contributed by atoms with Crippen molar-refractivity contribution < 1.29 is 22.7 Å². The zero-order valence-corrected chi connectivity index (χ0v) is 13.8. The van der Waals surface area contributed by atoms with Crippen molar-refractivity contribution in [2.45, 2.75) is 50.8 Å². The number of carbonyl (C=O) groups is 1. The largest absolute Gasteiger partial charge is 0.444 e. The van der Waals surface area contributed by atoms with E-state index in [0.717, 1.165) is 12.3 Å². The van der Waals surface area contributed by atoms with Crippen LogP contribution in [0.25, 0.3) is 0 Å². The number of amides is 1. The minimum Gasteiger partial charge on any atom is -0.444 e. The fraction of sp³-hybridized carbons (Fsp3) is 0.600. The quantitative estimate of drug-likeness (QED) is 0.883. The number of pyridine rings is 1. The fourth-order valence-corrected chi connectivity index (χ4v) is 2.55. The number of rotatable bonds is 3. The van der Waals surface area contributed by atoms with Gasteiger partial charge in [-0.05, 0) is 39.7 Å². The highest BCUT2D eigenvalue weighted by molar-refractivity contribution is 6.31. The number of carbonyl (C=O) groups excluding carboxylic acids is 1. The molecule has 1 aliphatic carbocycles. The molecular formula is C15H18ClF3N2O2. The average Bonchev–Trinajstić information content (AvgIpc) is 3.14. The summed E-state index contributed by atoms with van der Waals surface area (Å²) in [5.74, 6) is 0. The predicted octanol–water partition coefficient (Wildman–Crippen LogP) is 4.31. The van der Waals surface area contributed by atoms with Crippen LogP contribution in [0.5, 0.6) is 0 Å². The van der Waals surface area contributed by atoms with E-state index in [1.54, 1.807) is 20.8 Å². The average molecular weight is 351 g/mol. The van der Waals surface area contributed by atoms with Gasteiger partial charge < -0.3 is 10.1 Å². The first-order chi connectivity index (χ1) is 10.4. The van der Waals surface area contributed by atoms with Crippen molar-refractivity contribution in [2.24, 2.45) is 0 Å². The molecule has 1 amide bonds. The van der Waals surface area contributed by atoms with Gasteiger partial charge in [-0.15, -0.1) is 0 Å². The normalized spacial score (nSPS) is 16.8. The molecule has 0 radical (unpaired) electrons. The lowest BCUT2D eigenvalue weighted by Gasteiger charge is -2.22. The Morgan fingerprint density at radius 3 is 2.43 bits per heavy atom. The standard InChI is InChI=1S/C15H18ClF3N2O2/c1-13(2,3)23-12(22)21-8-14(4-5-14)11-10(16)6-9(7-20-11)15(17,18)19/h6-7H,4-5,8H2,1-3H3,(H,21,22). The summed E-state index contributed by atoms with van der Waals surface area (Å²) >= 11 is 5.98. The summed E-state index contributed by atoms with van der Waals surface area (Å²) in [6.45, 7) is 5.45. The van der Waals surface area contributed by atoms with E-state index in [2.05, 4.69) is 10.3 Å². The van der Waals surface area contributed by atoms with E-state index in [1.165, 1.54) is 0 Å². The molecule has 1 N–H and O–H groups in total. The van der Waals surface area contributed by atoms with Crippen LogP contribution in [0.2, 0.25) is 5.02 Å². The van der Waals surface area contributed by atoms with Crippen LogP contribution >= 0.6 is 11.6 Å². The van der Waals surface area contributed by atoms with Crippen LogP contribution in [0.1, 0.15) is 44.9 Å². The molecule has 1 aliphatic rings. The Kier molecular flexibility index (Phi) is 4.54. The number of ether oxygens (including phenoxy) is 1. The third kappa shape index (κ3) is 4.50. The number of nitrogens with zero attached hydrogens (tertiary/aromatic N) is 1. The van der Waals surface area contributed by atoms with Crippen LogP contribution in [0.3, 0.4) is 0 Å². The zero-order chi connectivity index (χ0) is 17.5. The number of hydrogen-bond acceptors (Lipinski definition) is 3. The Labute approximate surface area is 137 Å². The molecule has 23 heavy (non-hydrogen) atoms. The Morgan fingerprint density at radius 1 is 1.39 bits per heavy atom. The summed E-state index contributed by atoms with van der Waals surface area (Å²) in [5.41, 5.74) is -1.64. The first-order valence-corrected chi connectivity index (χ1v) is 7.51. The molecule has 4 nitrogen and oxygen atoms in total. The van der Waals surface area contributed by atoms with E-state index in [9.17, 15) is 18.0 Å². The maximum absolute atomic E-state index is 12.7. The first kappa shape index (κ1) is 17.8. The minimum atomic E-state index is -4.49. The lowest BCUT2D eigenvalue weighted by molar-refractivity contribution is -0.137. The van der Waals surface area contributed by atoms with Crippen molar-refractivity contribution >= 4 is 17.7 Å². The smallest absolute Gasteiger partial charge is 0.417 e. The van der Waals surface area contributed by atoms with Gasteiger partial charge >= 0.3 is 12.3 Å². The van der Waals surface area contributed by atoms with Crippen LogP contribution < -0.4 is 5.32 Å². The van der Waals surface area contributed by atoms with Gasteiger partial charge in [-0.3, -0.25) is 4.98 Å². The van der Waals surface area contributed by atoms with Gasteiger partial charge in [-0.25, -0.2) is 4.79 Å². The minimum absolute atomic E-state index is 0.0386. The zero-order valence-electron chi connectivity index (χ0n) is 13.1. The predicted molar refractivity (Wildman–Crippen MR) is 79.4 cm³/mol. The van der Waals surface area contributed by atoms with E-state index in [0.29, 0.717) is 18.5 Å². The molecule has 1 saturated carbocycles. The van der Waals surface area contributed by atoms with Crippen molar-refractivity contribution in [2.75, 3.05) is 6.54 Å². The van der Waals surface area contributed by atoms with Gasteiger partial charge in [0.25, 0.3) is 0 Å².